The van der Waals surface area contributed by atoms with Gasteiger partial charge in [-0.15, -0.1) is 0 Å². The Morgan fingerprint density at radius 3 is 2.16 bits per heavy atom. The van der Waals surface area contributed by atoms with E-state index in [2.05, 4.69) is 0 Å². The van der Waals surface area contributed by atoms with Gasteiger partial charge in [-0.25, -0.2) is 4.79 Å². The summed E-state index contributed by atoms with van der Waals surface area (Å²) >= 11 is 12.1. The highest BCUT2D eigenvalue weighted by Crippen LogP contribution is 2.30. The molecule has 0 bridgehead atoms. The van der Waals surface area contributed by atoms with Crippen LogP contribution in [0.3, 0.4) is 0 Å². The number of ether oxygens (including phenoxy) is 1. The van der Waals surface area contributed by atoms with E-state index < -0.39 is 11.7 Å². The summed E-state index contributed by atoms with van der Waals surface area (Å²) in [6, 6.07) is 10.3. The molecule has 0 saturated carbocycles. The summed E-state index contributed by atoms with van der Waals surface area (Å²) in [6.45, 7) is 5.74. The van der Waals surface area contributed by atoms with E-state index in [0.29, 0.717) is 16.6 Å². The predicted molar refractivity (Wildman–Crippen MR) is 101 cm³/mol. The lowest BCUT2D eigenvalue weighted by atomic mass is 10.0. The normalized spacial score (nSPS) is 11.3. The second-order valence-corrected chi connectivity index (χ2v) is 7.76. The van der Waals surface area contributed by atoms with Crippen LogP contribution in [0.1, 0.15) is 26.3 Å². The largest absolute Gasteiger partial charge is 0.508 e. The maximum atomic E-state index is 12.1. The van der Waals surface area contributed by atoms with Crippen molar-refractivity contribution in [2.75, 3.05) is 7.05 Å². The van der Waals surface area contributed by atoms with Crippen LogP contribution in [-0.4, -0.2) is 28.7 Å². The molecule has 0 fully saturated rings. The van der Waals surface area contributed by atoms with E-state index >= 15 is 0 Å². The van der Waals surface area contributed by atoms with Gasteiger partial charge in [0.1, 0.15) is 11.4 Å². The number of amides is 1. The van der Waals surface area contributed by atoms with Crippen molar-refractivity contribution >= 4 is 29.3 Å². The van der Waals surface area contributed by atoms with Crippen LogP contribution in [0.2, 0.25) is 10.0 Å². The molecule has 2 rings (SSSR count). The summed E-state index contributed by atoms with van der Waals surface area (Å²) in [5, 5.41) is 11.1. The summed E-state index contributed by atoms with van der Waals surface area (Å²) in [7, 11) is 1.65. The Kier molecular flexibility index (Phi) is 5.86. The maximum absolute atomic E-state index is 12.1. The predicted octanol–water partition coefficient (Wildman–Crippen LogP) is 5.73. The highest BCUT2D eigenvalue weighted by molar-refractivity contribution is 6.35. The van der Waals surface area contributed by atoms with Gasteiger partial charge in [-0.2, -0.15) is 0 Å². The van der Waals surface area contributed by atoms with Gasteiger partial charge >= 0.3 is 6.09 Å². The zero-order valence-electron chi connectivity index (χ0n) is 14.6. The molecule has 1 N–H and O–H groups in total. The molecule has 0 aromatic heterocycles. The highest BCUT2D eigenvalue weighted by Gasteiger charge is 2.20. The van der Waals surface area contributed by atoms with Crippen molar-refractivity contribution in [3.05, 3.63) is 52.0 Å². The SMILES string of the molecule is CN(Cc1cc(O)cc(-c2cc(Cl)cc(Cl)c2)c1)C(=O)OC(C)(C)C. The number of rotatable bonds is 3. The highest BCUT2D eigenvalue weighted by atomic mass is 35.5. The van der Waals surface area contributed by atoms with E-state index in [-0.39, 0.29) is 5.75 Å². The molecule has 0 unspecified atom stereocenters. The van der Waals surface area contributed by atoms with Crippen LogP contribution in [-0.2, 0) is 11.3 Å². The van der Waals surface area contributed by atoms with Crippen molar-refractivity contribution in [2.24, 2.45) is 0 Å². The minimum absolute atomic E-state index is 0.0983. The summed E-state index contributed by atoms with van der Waals surface area (Å²) in [5.74, 6) is 0.0983. The first-order chi connectivity index (χ1) is 11.5. The quantitative estimate of drug-likeness (QED) is 0.737. The first kappa shape index (κ1) is 19.4. The van der Waals surface area contributed by atoms with Gasteiger partial charge in [0.2, 0.25) is 0 Å². The van der Waals surface area contributed by atoms with E-state index in [1.165, 1.54) is 4.90 Å². The number of hydrogen-bond donors (Lipinski definition) is 1. The molecule has 0 atom stereocenters. The maximum Gasteiger partial charge on any atom is 0.410 e. The molecule has 4 nitrogen and oxygen atoms in total. The molecule has 2 aromatic carbocycles. The first-order valence-electron chi connectivity index (χ1n) is 7.77. The van der Waals surface area contributed by atoms with Crippen LogP contribution < -0.4 is 0 Å². The van der Waals surface area contributed by atoms with Crippen molar-refractivity contribution in [3.8, 4) is 16.9 Å². The monoisotopic (exact) mass is 381 g/mol. The third kappa shape index (κ3) is 5.83. The summed E-state index contributed by atoms with van der Waals surface area (Å²) < 4.78 is 5.34. The standard InChI is InChI=1S/C19H21Cl2NO3/c1-19(2,3)25-18(24)22(4)11-12-5-13(9-17(23)6-12)14-7-15(20)10-16(21)8-14/h5-10,23H,11H2,1-4H3. The second kappa shape index (κ2) is 7.54. The Hall–Kier alpha value is -1.91. The average Bonchev–Trinajstić information content (AvgIpc) is 2.43. The molecule has 0 aliphatic carbocycles. The van der Waals surface area contributed by atoms with E-state index in [9.17, 15) is 9.90 Å². The zero-order chi connectivity index (χ0) is 18.8. The smallest absolute Gasteiger partial charge is 0.410 e. The molecule has 0 aliphatic rings. The average molecular weight is 382 g/mol. The summed E-state index contributed by atoms with van der Waals surface area (Å²) in [6.07, 6.45) is -0.428. The van der Waals surface area contributed by atoms with Crippen LogP contribution in [0.4, 0.5) is 4.79 Å². The molecular formula is C19H21Cl2NO3. The van der Waals surface area contributed by atoms with Gasteiger partial charge in [-0.3, -0.25) is 0 Å². The molecule has 0 radical (unpaired) electrons. The Morgan fingerprint density at radius 1 is 1.04 bits per heavy atom. The topological polar surface area (TPSA) is 49.8 Å². The Bertz CT molecular complexity index is 764. The molecule has 6 heteroatoms. The van der Waals surface area contributed by atoms with Gasteiger partial charge in [0.25, 0.3) is 0 Å². The molecule has 134 valence electrons. The van der Waals surface area contributed by atoms with Gasteiger partial charge in [0, 0.05) is 23.6 Å². The number of carbonyl (C=O) groups is 1. The molecule has 0 saturated heterocycles. The van der Waals surface area contributed by atoms with Gasteiger partial charge in [0.15, 0.2) is 0 Å². The fourth-order valence-corrected chi connectivity index (χ4v) is 2.86. The molecule has 0 spiro atoms. The van der Waals surface area contributed by atoms with Crippen LogP contribution in [0.15, 0.2) is 36.4 Å². The van der Waals surface area contributed by atoms with Crippen molar-refractivity contribution < 1.29 is 14.6 Å². The number of phenolic OH excluding ortho intramolecular Hbond substituents is 1. The number of halogens is 2. The van der Waals surface area contributed by atoms with Crippen molar-refractivity contribution in [1.29, 1.82) is 0 Å². The lowest BCUT2D eigenvalue weighted by Crippen LogP contribution is -2.33. The Morgan fingerprint density at radius 2 is 1.60 bits per heavy atom. The Labute approximate surface area is 157 Å². The fraction of sp³-hybridized carbons (Fsp3) is 0.316. The van der Waals surface area contributed by atoms with Gasteiger partial charge in [-0.05, 0) is 73.9 Å². The molecule has 2 aromatic rings. The molecular weight excluding hydrogens is 361 g/mol. The zero-order valence-corrected chi connectivity index (χ0v) is 16.1. The number of benzene rings is 2. The third-order valence-corrected chi connectivity index (χ3v) is 3.73. The molecule has 25 heavy (non-hydrogen) atoms. The summed E-state index contributed by atoms with van der Waals surface area (Å²) in [5.41, 5.74) is 1.75. The van der Waals surface area contributed by atoms with Crippen LogP contribution >= 0.6 is 23.2 Å². The summed E-state index contributed by atoms with van der Waals surface area (Å²) in [4.78, 5) is 13.6. The van der Waals surface area contributed by atoms with E-state index in [1.807, 2.05) is 26.8 Å². The molecule has 0 aliphatic heterocycles. The van der Waals surface area contributed by atoms with E-state index in [1.54, 1.807) is 37.4 Å². The van der Waals surface area contributed by atoms with Crippen molar-refractivity contribution in [3.63, 3.8) is 0 Å². The first-order valence-corrected chi connectivity index (χ1v) is 8.52. The lowest BCUT2D eigenvalue weighted by molar-refractivity contribution is 0.0285. The van der Waals surface area contributed by atoms with Crippen molar-refractivity contribution in [2.45, 2.75) is 32.9 Å². The van der Waals surface area contributed by atoms with E-state index in [4.69, 9.17) is 27.9 Å². The minimum Gasteiger partial charge on any atom is -0.508 e. The number of aromatic hydroxyl groups is 1. The minimum atomic E-state index is -0.563. The van der Waals surface area contributed by atoms with Crippen molar-refractivity contribution in [1.82, 2.24) is 4.90 Å². The molecule has 1 amide bonds. The second-order valence-electron chi connectivity index (χ2n) is 6.88. The third-order valence-electron chi connectivity index (χ3n) is 3.30. The Balaban J connectivity index is 2.25. The number of nitrogens with zero attached hydrogens (tertiary/aromatic N) is 1. The fourth-order valence-electron chi connectivity index (χ4n) is 2.33. The van der Waals surface area contributed by atoms with E-state index in [0.717, 1.165) is 16.7 Å². The van der Waals surface area contributed by atoms with Gasteiger partial charge in [0.05, 0.1) is 0 Å². The number of carbonyl (C=O) groups excluding carboxylic acids is 1. The number of phenols is 1. The lowest BCUT2D eigenvalue weighted by Gasteiger charge is -2.24. The van der Waals surface area contributed by atoms with Crippen LogP contribution in [0, 0.1) is 0 Å². The van der Waals surface area contributed by atoms with Gasteiger partial charge < -0.3 is 14.7 Å². The van der Waals surface area contributed by atoms with Crippen LogP contribution in [0.5, 0.6) is 5.75 Å². The van der Waals surface area contributed by atoms with Gasteiger partial charge in [-0.1, -0.05) is 23.2 Å². The molecule has 0 heterocycles. The number of hydrogen-bond acceptors (Lipinski definition) is 3. The van der Waals surface area contributed by atoms with Crippen LogP contribution in [0.25, 0.3) is 11.1 Å².